The second-order valence-electron chi connectivity index (χ2n) is 14.7. The third-order valence-electron chi connectivity index (χ3n) is 10.1. The zero-order valence-electron chi connectivity index (χ0n) is 32.9. The molecular formula is C46H82Cl2Zr. The van der Waals surface area contributed by atoms with E-state index in [4.69, 9.17) is 0 Å². The van der Waals surface area contributed by atoms with Crippen LogP contribution in [0.3, 0.4) is 0 Å². The van der Waals surface area contributed by atoms with E-state index in [-0.39, 0.29) is 51.0 Å². The first-order valence-corrected chi connectivity index (χ1v) is 21.3. The second-order valence-corrected chi connectivity index (χ2v) is 14.7. The fraction of sp³-hybridized carbons (Fsp3) is 0.783. The van der Waals surface area contributed by atoms with E-state index in [9.17, 15) is 0 Å². The smallest absolute Gasteiger partial charge is 1.00 e. The Hall–Kier alpha value is 0.163. The molecule has 0 N–H and O–H groups in total. The minimum absolute atomic E-state index is 0. The van der Waals surface area contributed by atoms with E-state index in [1.807, 2.05) is 0 Å². The molecule has 49 heavy (non-hydrogen) atoms. The largest absolute Gasteiger partial charge is 4.00 e. The molecule has 2 aromatic carbocycles. The van der Waals surface area contributed by atoms with Crippen molar-refractivity contribution in [2.24, 2.45) is 0 Å². The molecule has 0 aliphatic heterocycles. The zero-order chi connectivity index (χ0) is 32.9. The van der Waals surface area contributed by atoms with Gasteiger partial charge in [-0.25, -0.2) is 24.3 Å². The van der Waals surface area contributed by atoms with Crippen molar-refractivity contribution in [3.8, 4) is 0 Å². The fourth-order valence-corrected chi connectivity index (χ4v) is 6.92. The minimum Gasteiger partial charge on any atom is -1.00 e. The van der Waals surface area contributed by atoms with E-state index < -0.39 is 0 Å². The molecule has 0 aromatic heterocycles. The molecular weight excluding hydrogens is 715 g/mol. The Labute approximate surface area is 340 Å². The fourth-order valence-electron chi connectivity index (χ4n) is 6.92. The van der Waals surface area contributed by atoms with Gasteiger partial charge in [-0.3, -0.25) is 0 Å². The van der Waals surface area contributed by atoms with Crippen LogP contribution >= 0.6 is 0 Å². The molecule has 284 valence electrons. The van der Waals surface area contributed by atoms with Crippen LogP contribution in [0.25, 0.3) is 0 Å². The van der Waals surface area contributed by atoms with Gasteiger partial charge in [-0.1, -0.05) is 232 Å². The van der Waals surface area contributed by atoms with Crippen molar-refractivity contribution in [1.82, 2.24) is 0 Å². The standard InChI is InChI=1S/2C23H41.2ClH.Zr/c2*1-2-3-4-5-6-7-8-9-10-11-12-13-14-15-16-17-20-23-21-18-19-22-23;;;/h2*18-19,21-22H,2-17,20H2,1H3;2*1H;/q2*-1;;;+4/p-2. The van der Waals surface area contributed by atoms with Crippen LogP contribution in [-0.4, -0.2) is 0 Å². The molecule has 0 heterocycles. The summed E-state index contributed by atoms with van der Waals surface area (Å²) in [6.45, 7) is 4.59. The van der Waals surface area contributed by atoms with Crippen LogP contribution < -0.4 is 24.8 Å². The van der Waals surface area contributed by atoms with Gasteiger partial charge in [-0.2, -0.15) is 35.4 Å². The summed E-state index contributed by atoms with van der Waals surface area (Å²) in [5.74, 6) is 0. The molecule has 0 unspecified atom stereocenters. The van der Waals surface area contributed by atoms with Crippen LogP contribution in [0.5, 0.6) is 0 Å². The van der Waals surface area contributed by atoms with Crippen molar-refractivity contribution in [1.29, 1.82) is 0 Å². The van der Waals surface area contributed by atoms with E-state index in [1.165, 1.54) is 229 Å². The van der Waals surface area contributed by atoms with Gasteiger partial charge < -0.3 is 24.8 Å². The van der Waals surface area contributed by atoms with Crippen LogP contribution in [0.4, 0.5) is 0 Å². The van der Waals surface area contributed by atoms with Crippen molar-refractivity contribution < 1.29 is 51.0 Å². The van der Waals surface area contributed by atoms with Crippen molar-refractivity contribution in [3.05, 3.63) is 59.7 Å². The molecule has 3 heteroatoms. The van der Waals surface area contributed by atoms with E-state index in [2.05, 4.69) is 62.4 Å². The molecule has 0 amide bonds. The summed E-state index contributed by atoms with van der Waals surface area (Å²) >= 11 is 0. The molecule has 0 fully saturated rings. The van der Waals surface area contributed by atoms with E-state index >= 15 is 0 Å². The summed E-state index contributed by atoms with van der Waals surface area (Å²) in [4.78, 5) is 0. The molecule has 0 bridgehead atoms. The molecule has 0 radical (unpaired) electrons. The average molecular weight is 797 g/mol. The number of halogens is 2. The molecule has 0 spiro atoms. The first kappa shape index (κ1) is 53.5. The van der Waals surface area contributed by atoms with E-state index in [1.54, 1.807) is 0 Å². The quantitative estimate of drug-likeness (QED) is 0.0489. The number of hydrogen-bond donors (Lipinski definition) is 0. The SMILES string of the molecule is CCCCCCCCCCCCCCCCCC[c-]1cccc1.CCCCCCCCCCCCCCCCCC[c-]1cccc1.[Cl-].[Cl-].[Zr+4]. The summed E-state index contributed by atoms with van der Waals surface area (Å²) in [6.07, 6.45) is 49.1. The van der Waals surface area contributed by atoms with Gasteiger partial charge in [0, 0.05) is 0 Å². The molecule has 0 saturated heterocycles. The Bertz CT molecular complexity index is 703. The maximum atomic E-state index is 2.30. The number of unbranched alkanes of at least 4 members (excludes halogenated alkanes) is 30. The number of rotatable bonds is 34. The predicted octanol–water partition coefficient (Wildman–Crippen LogP) is 10.4. The van der Waals surface area contributed by atoms with E-state index in [0.29, 0.717) is 0 Å². The zero-order valence-corrected chi connectivity index (χ0v) is 36.9. The van der Waals surface area contributed by atoms with Crippen LogP contribution in [0.15, 0.2) is 48.5 Å². The first-order chi connectivity index (χ1) is 22.9. The molecule has 0 atom stereocenters. The van der Waals surface area contributed by atoms with Crippen LogP contribution in [-0.2, 0) is 39.0 Å². The van der Waals surface area contributed by atoms with Gasteiger partial charge in [0.25, 0.3) is 0 Å². The summed E-state index contributed by atoms with van der Waals surface area (Å²) < 4.78 is 0. The maximum Gasteiger partial charge on any atom is 4.00 e. The van der Waals surface area contributed by atoms with E-state index in [0.717, 1.165) is 0 Å². The van der Waals surface area contributed by atoms with Crippen molar-refractivity contribution >= 4 is 0 Å². The number of aryl methyl sites for hydroxylation is 2. The molecule has 2 rings (SSSR count). The molecule has 2 aromatic rings. The van der Waals surface area contributed by atoms with Crippen molar-refractivity contribution in [2.45, 2.75) is 232 Å². The van der Waals surface area contributed by atoms with Gasteiger partial charge >= 0.3 is 26.2 Å². The van der Waals surface area contributed by atoms with Gasteiger partial charge in [-0.05, 0) is 0 Å². The topological polar surface area (TPSA) is 0 Å². The molecule has 0 nitrogen and oxygen atoms in total. The molecule has 0 saturated carbocycles. The predicted molar refractivity (Wildman–Crippen MR) is 211 cm³/mol. The van der Waals surface area contributed by atoms with Gasteiger partial charge in [0.05, 0.1) is 0 Å². The van der Waals surface area contributed by atoms with Crippen LogP contribution in [0.2, 0.25) is 0 Å². The Morgan fingerprint density at radius 1 is 0.265 bits per heavy atom. The minimum atomic E-state index is 0. The van der Waals surface area contributed by atoms with Crippen molar-refractivity contribution in [2.75, 3.05) is 0 Å². The second kappa shape index (κ2) is 46.2. The van der Waals surface area contributed by atoms with Crippen LogP contribution in [0.1, 0.15) is 230 Å². The van der Waals surface area contributed by atoms with Gasteiger partial charge in [0.1, 0.15) is 0 Å². The monoisotopic (exact) mass is 794 g/mol. The Morgan fingerprint density at radius 3 is 0.612 bits per heavy atom. The Balaban J connectivity index is -0.000000814. The van der Waals surface area contributed by atoms with Gasteiger partial charge in [0.15, 0.2) is 0 Å². The first-order valence-electron chi connectivity index (χ1n) is 21.3. The van der Waals surface area contributed by atoms with Crippen molar-refractivity contribution in [3.63, 3.8) is 0 Å². The van der Waals surface area contributed by atoms with Gasteiger partial charge in [-0.15, -0.1) is 0 Å². The molecule has 0 aliphatic rings. The molecule has 0 aliphatic carbocycles. The van der Waals surface area contributed by atoms with Gasteiger partial charge in [0.2, 0.25) is 0 Å². The summed E-state index contributed by atoms with van der Waals surface area (Å²) in [7, 11) is 0. The summed E-state index contributed by atoms with van der Waals surface area (Å²) in [5.41, 5.74) is 3.05. The Morgan fingerprint density at radius 2 is 0.429 bits per heavy atom. The average Bonchev–Trinajstić information content (AvgIpc) is 3.80. The number of hydrogen-bond acceptors (Lipinski definition) is 0. The maximum absolute atomic E-state index is 2.30. The normalized spacial score (nSPS) is 10.5. The summed E-state index contributed by atoms with van der Waals surface area (Å²) in [6, 6.07) is 17.6. The Kier molecular flexibility index (Phi) is 50.4. The van der Waals surface area contributed by atoms with Crippen LogP contribution in [0, 0.1) is 0 Å². The third-order valence-corrected chi connectivity index (χ3v) is 10.1. The third kappa shape index (κ3) is 40.8. The summed E-state index contributed by atoms with van der Waals surface area (Å²) in [5, 5.41) is 0.